The predicted octanol–water partition coefficient (Wildman–Crippen LogP) is 2.31. The molecule has 122 valence electrons. The van der Waals surface area contributed by atoms with Crippen LogP contribution < -0.4 is 0 Å². The second kappa shape index (κ2) is 5.90. The monoisotopic (exact) mass is 314 g/mol. The average Bonchev–Trinajstić information content (AvgIpc) is 2.86. The summed E-state index contributed by atoms with van der Waals surface area (Å²) in [5, 5.41) is 14.5. The molecule has 0 spiro atoms. The summed E-state index contributed by atoms with van der Waals surface area (Å²) in [4.78, 5) is 23.3. The largest absolute Gasteiger partial charge is 0.444 e. The topological polar surface area (TPSA) is 90.5 Å². The van der Waals surface area contributed by atoms with Crippen molar-refractivity contribution in [2.24, 2.45) is 0 Å². The maximum atomic E-state index is 14.3. The summed E-state index contributed by atoms with van der Waals surface area (Å²) in [5.74, 6) is 0. The number of hydrogen-bond acceptors (Lipinski definition) is 5. The molecule has 1 aromatic heterocycles. The number of amides is 1. The third-order valence-corrected chi connectivity index (χ3v) is 3.30. The number of halogens is 1. The van der Waals surface area contributed by atoms with Gasteiger partial charge in [-0.2, -0.15) is 5.10 Å². The van der Waals surface area contributed by atoms with Crippen LogP contribution in [-0.4, -0.2) is 50.6 Å². The van der Waals surface area contributed by atoms with E-state index >= 15 is 0 Å². The Morgan fingerprint density at radius 1 is 1.55 bits per heavy atom. The van der Waals surface area contributed by atoms with Crippen LogP contribution in [0.5, 0.6) is 0 Å². The number of alkyl halides is 1. The first kappa shape index (κ1) is 16.2. The lowest BCUT2D eigenvalue weighted by molar-refractivity contribution is -0.385. The summed E-state index contributed by atoms with van der Waals surface area (Å²) in [5.41, 5.74) is -0.815. The number of aromatic nitrogens is 2. The van der Waals surface area contributed by atoms with Gasteiger partial charge in [-0.3, -0.25) is 14.8 Å². The molecule has 0 N–H and O–H groups in total. The second-order valence-corrected chi connectivity index (χ2v) is 6.23. The standard InChI is InChI=1S/C13H19FN4O4/c1-13(2,3)22-12(19)16-5-4-11(10(14)8-16)17-7-9(6-15-17)18(20)21/h6-7,10-11H,4-5,8H2,1-3H3/t10-,11-/m1/s1. The molecule has 8 nitrogen and oxygen atoms in total. The number of ether oxygens (including phenoxy) is 1. The van der Waals surface area contributed by atoms with Gasteiger partial charge in [0, 0.05) is 6.54 Å². The maximum absolute atomic E-state index is 14.3. The van der Waals surface area contributed by atoms with Crippen molar-refractivity contribution in [1.82, 2.24) is 14.7 Å². The van der Waals surface area contributed by atoms with Crippen molar-refractivity contribution in [1.29, 1.82) is 0 Å². The second-order valence-electron chi connectivity index (χ2n) is 6.23. The van der Waals surface area contributed by atoms with Crippen molar-refractivity contribution in [3.63, 3.8) is 0 Å². The first-order valence-corrected chi connectivity index (χ1v) is 6.98. The fraction of sp³-hybridized carbons (Fsp3) is 0.692. The lowest BCUT2D eigenvalue weighted by atomic mass is 10.0. The van der Waals surface area contributed by atoms with Crippen molar-refractivity contribution >= 4 is 11.8 Å². The SMILES string of the molecule is CC(C)(C)OC(=O)N1CC[C@@H](n2cc([N+](=O)[O-])cn2)[C@H](F)C1. The van der Waals surface area contributed by atoms with Crippen LogP contribution in [0.15, 0.2) is 12.4 Å². The van der Waals surface area contributed by atoms with E-state index in [-0.39, 0.29) is 12.2 Å². The van der Waals surface area contributed by atoms with Crippen LogP contribution in [0.1, 0.15) is 33.2 Å². The zero-order valence-corrected chi connectivity index (χ0v) is 12.7. The van der Waals surface area contributed by atoms with Crippen LogP contribution in [0, 0.1) is 10.1 Å². The molecule has 1 amide bonds. The van der Waals surface area contributed by atoms with E-state index in [9.17, 15) is 19.3 Å². The first-order chi connectivity index (χ1) is 10.2. The minimum Gasteiger partial charge on any atom is -0.444 e. The molecule has 0 bridgehead atoms. The molecular weight excluding hydrogens is 295 g/mol. The van der Waals surface area contributed by atoms with Crippen molar-refractivity contribution in [3.8, 4) is 0 Å². The van der Waals surface area contributed by atoms with Gasteiger partial charge >= 0.3 is 11.8 Å². The normalized spacial score (nSPS) is 22.5. The number of carbonyl (C=O) groups excluding carboxylic acids is 1. The molecule has 1 aliphatic heterocycles. The third-order valence-electron chi connectivity index (χ3n) is 3.30. The number of nitro groups is 1. The molecule has 1 aromatic rings. The van der Waals surface area contributed by atoms with Crippen LogP contribution >= 0.6 is 0 Å². The van der Waals surface area contributed by atoms with Gasteiger partial charge < -0.3 is 9.64 Å². The molecule has 2 atom stereocenters. The number of rotatable bonds is 2. The Morgan fingerprint density at radius 2 is 2.23 bits per heavy atom. The summed E-state index contributed by atoms with van der Waals surface area (Å²) in [6.45, 7) is 5.43. The van der Waals surface area contributed by atoms with Crippen LogP contribution in [-0.2, 0) is 4.74 Å². The Labute approximate surface area is 127 Å². The van der Waals surface area contributed by atoms with E-state index in [1.165, 1.54) is 15.8 Å². The molecule has 1 aliphatic rings. The Morgan fingerprint density at radius 3 is 2.73 bits per heavy atom. The van der Waals surface area contributed by atoms with Crippen molar-refractivity contribution in [2.75, 3.05) is 13.1 Å². The van der Waals surface area contributed by atoms with E-state index < -0.39 is 28.8 Å². The zero-order valence-electron chi connectivity index (χ0n) is 12.7. The Bertz CT molecular complexity index is 569. The van der Waals surface area contributed by atoms with E-state index in [0.717, 1.165) is 6.20 Å². The van der Waals surface area contributed by atoms with Gasteiger partial charge in [0.2, 0.25) is 0 Å². The number of piperidine rings is 1. The molecule has 2 rings (SSSR count). The number of carbonyl (C=O) groups is 1. The van der Waals surface area contributed by atoms with E-state index in [2.05, 4.69) is 5.10 Å². The lowest BCUT2D eigenvalue weighted by Gasteiger charge is -2.35. The highest BCUT2D eigenvalue weighted by Crippen LogP contribution is 2.27. The summed E-state index contributed by atoms with van der Waals surface area (Å²) in [6, 6.07) is -0.618. The van der Waals surface area contributed by atoms with Gasteiger partial charge in [-0.1, -0.05) is 0 Å². The maximum Gasteiger partial charge on any atom is 0.410 e. The summed E-state index contributed by atoms with van der Waals surface area (Å²) >= 11 is 0. The fourth-order valence-corrected chi connectivity index (χ4v) is 2.29. The summed E-state index contributed by atoms with van der Waals surface area (Å²) < 4.78 is 20.8. The smallest absolute Gasteiger partial charge is 0.410 e. The Balaban J connectivity index is 2.00. The van der Waals surface area contributed by atoms with E-state index in [1.807, 2.05) is 0 Å². The Kier molecular flexibility index (Phi) is 4.34. The highest BCUT2D eigenvalue weighted by Gasteiger charge is 2.35. The highest BCUT2D eigenvalue weighted by molar-refractivity contribution is 5.68. The first-order valence-electron chi connectivity index (χ1n) is 6.98. The van der Waals surface area contributed by atoms with Gasteiger partial charge in [0.15, 0.2) is 0 Å². The molecule has 0 radical (unpaired) electrons. The summed E-state index contributed by atoms with van der Waals surface area (Å²) in [7, 11) is 0. The van der Waals surface area contributed by atoms with Gasteiger partial charge in [-0.15, -0.1) is 0 Å². The van der Waals surface area contributed by atoms with Crippen molar-refractivity contribution in [2.45, 2.75) is 45.0 Å². The van der Waals surface area contributed by atoms with Gasteiger partial charge in [0.25, 0.3) is 0 Å². The van der Waals surface area contributed by atoms with Gasteiger partial charge in [0.05, 0.1) is 17.5 Å². The van der Waals surface area contributed by atoms with E-state index in [1.54, 1.807) is 20.8 Å². The number of likely N-dealkylation sites (tertiary alicyclic amines) is 1. The molecule has 1 fully saturated rings. The third kappa shape index (κ3) is 3.71. The number of hydrogen-bond donors (Lipinski definition) is 0. The zero-order chi connectivity index (χ0) is 16.5. The molecular formula is C13H19FN4O4. The molecule has 9 heteroatoms. The van der Waals surface area contributed by atoms with Crippen molar-refractivity contribution < 1.29 is 18.8 Å². The highest BCUT2D eigenvalue weighted by atomic mass is 19.1. The van der Waals surface area contributed by atoms with Crippen LogP contribution in [0.25, 0.3) is 0 Å². The molecule has 0 unspecified atom stereocenters. The molecule has 1 saturated heterocycles. The van der Waals surface area contributed by atoms with Crippen LogP contribution in [0.2, 0.25) is 0 Å². The quantitative estimate of drug-likeness (QED) is 0.617. The van der Waals surface area contributed by atoms with E-state index in [4.69, 9.17) is 4.74 Å². The fourth-order valence-electron chi connectivity index (χ4n) is 2.29. The minimum atomic E-state index is -1.36. The predicted molar refractivity (Wildman–Crippen MR) is 75.2 cm³/mol. The van der Waals surface area contributed by atoms with Gasteiger partial charge in [-0.05, 0) is 27.2 Å². The van der Waals surface area contributed by atoms with Crippen molar-refractivity contribution in [3.05, 3.63) is 22.5 Å². The lowest BCUT2D eigenvalue weighted by Crippen LogP contribution is -2.47. The van der Waals surface area contributed by atoms with Gasteiger partial charge in [0.1, 0.15) is 24.2 Å². The average molecular weight is 314 g/mol. The Hall–Kier alpha value is -2.19. The van der Waals surface area contributed by atoms with E-state index in [0.29, 0.717) is 13.0 Å². The minimum absolute atomic E-state index is 0.118. The molecule has 0 saturated carbocycles. The molecule has 0 aliphatic carbocycles. The van der Waals surface area contributed by atoms with Gasteiger partial charge in [-0.25, -0.2) is 9.18 Å². The molecule has 22 heavy (non-hydrogen) atoms. The van der Waals surface area contributed by atoms with Crippen LogP contribution in [0.4, 0.5) is 14.9 Å². The van der Waals surface area contributed by atoms with Crippen LogP contribution in [0.3, 0.4) is 0 Å². The molecule has 0 aromatic carbocycles. The summed E-state index contributed by atoms with van der Waals surface area (Å²) in [6.07, 6.45) is 0.702. The molecule has 2 heterocycles. The number of nitrogens with zero attached hydrogens (tertiary/aromatic N) is 4.